The summed E-state index contributed by atoms with van der Waals surface area (Å²) in [5, 5.41) is 10.8. The summed E-state index contributed by atoms with van der Waals surface area (Å²) >= 11 is 0. The van der Waals surface area contributed by atoms with Crippen LogP contribution < -0.4 is 0 Å². The lowest BCUT2D eigenvalue weighted by Gasteiger charge is -2.22. The Morgan fingerprint density at radius 3 is 2.54 bits per heavy atom. The Morgan fingerprint density at radius 1 is 1.14 bits per heavy atom. The van der Waals surface area contributed by atoms with Crippen LogP contribution in [-0.2, 0) is 16.1 Å². The van der Waals surface area contributed by atoms with E-state index < -0.39 is 29.3 Å². The zero-order valence-corrected chi connectivity index (χ0v) is 14.9. The van der Waals surface area contributed by atoms with Crippen molar-refractivity contribution >= 4 is 17.4 Å². The van der Waals surface area contributed by atoms with E-state index in [2.05, 4.69) is 0 Å². The van der Waals surface area contributed by atoms with Crippen LogP contribution in [0.2, 0.25) is 0 Å². The highest BCUT2D eigenvalue weighted by atomic mass is 19.1. The van der Waals surface area contributed by atoms with Gasteiger partial charge in [-0.05, 0) is 42.8 Å². The number of amides is 1. The van der Waals surface area contributed by atoms with Gasteiger partial charge in [0.05, 0.1) is 24.6 Å². The normalized spacial score (nSPS) is 18.8. The van der Waals surface area contributed by atoms with Gasteiger partial charge in [0.25, 0.3) is 11.7 Å². The van der Waals surface area contributed by atoms with Gasteiger partial charge in [-0.1, -0.05) is 12.1 Å². The summed E-state index contributed by atoms with van der Waals surface area (Å²) in [6, 6.07) is 9.73. The smallest absolute Gasteiger partial charge is 0.296 e. The molecule has 7 heteroatoms. The van der Waals surface area contributed by atoms with Gasteiger partial charge in [-0.2, -0.15) is 0 Å². The Balaban J connectivity index is 1.85. The predicted molar refractivity (Wildman–Crippen MR) is 96.4 cm³/mol. The van der Waals surface area contributed by atoms with Crippen LogP contribution in [0.5, 0.6) is 0 Å². The predicted octanol–water partition coefficient (Wildman–Crippen LogP) is 3.94. The van der Waals surface area contributed by atoms with Gasteiger partial charge in [0.15, 0.2) is 0 Å². The molecule has 1 aliphatic heterocycles. The van der Waals surface area contributed by atoms with Crippen LogP contribution in [0.4, 0.5) is 4.39 Å². The minimum atomic E-state index is -0.954. The maximum atomic E-state index is 14.0. The maximum absolute atomic E-state index is 14.0. The number of aliphatic hydroxyl groups excluding tert-OH is 1. The molecule has 0 radical (unpaired) electrons. The number of carbonyl (C=O) groups is 2. The second kappa shape index (κ2) is 6.84. The third-order valence-corrected chi connectivity index (χ3v) is 4.70. The van der Waals surface area contributed by atoms with Gasteiger partial charge in [0, 0.05) is 5.56 Å². The number of ketones is 1. The molecule has 1 fully saturated rings. The van der Waals surface area contributed by atoms with E-state index in [1.54, 1.807) is 31.2 Å². The molecule has 3 heterocycles. The molecule has 0 bridgehead atoms. The van der Waals surface area contributed by atoms with E-state index in [1.165, 1.54) is 29.6 Å². The van der Waals surface area contributed by atoms with Crippen LogP contribution in [0.15, 0.2) is 69.4 Å². The van der Waals surface area contributed by atoms with Crippen LogP contribution in [0.25, 0.3) is 5.76 Å². The molecule has 6 nitrogen and oxygen atoms in total. The average Bonchev–Trinajstić information content (AvgIpc) is 3.42. The van der Waals surface area contributed by atoms with E-state index in [1.807, 2.05) is 0 Å². The van der Waals surface area contributed by atoms with Gasteiger partial charge >= 0.3 is 0 Å². The molecule has 4 rings (SSSR count). The van der Waals surface area contributed by atoms with Gasteiger partial charge in [0.1, 0.15) is 29.1 Å². The monoisotopic (exact) mass is 381 g/mol. The Bertz CT molecular complexity index is 1070. The number of nitrogens with zero attached hydrogens (tertiary/aromatic N) is 1. The molecule has 28 heavy (non-hydrogen) atoms. The van der Waals surface area contributed by atoms with Crippen LogP contribution in [-0.4, -0.2) is 21.7 Å². The first-order chi connectivity index (χ1) is 13.5. The molecular formula is C21H16FNO5. The van der Waals surface area contributed by atoms with Crippen molar-refractivity contribution in [1.29, 1.82) is 0 Å². The van der Waals surface area contributed by atoms with Crippen molar-refractivity contribution in [3.8, 4) is 0 Å². The number of halogens is 1. The molecule has 0 spiro atoms. The van der Waals surface area contributed by atoms with E-state index in [-0.39, 0.29) is 17.7 Å². The summed E-state index contributed by atoms with van der Waals surface area (Å²) in [6.07, 6.45) is 2.87. The second-order valence-corrected chi connectivity index (χ2v) is 6.49. The van der Waals surface area contributed by atoms with Crippen molar-refractivity contribution in [2.75, 3.05) is 0 Å². The molecule has 1 N–H and O–H groups in total. The summed E-state index contributed by atoms with van der Waals surface area (Å²) in [6.45, 7) is 1.60. The number of rotatable bonds is 4. The zero-order chi connectivity index (χ0) is 19.8. The number of hydrogen-bond donors (Lipinski definition) is 1. The van der Waals surface area contributed by atoms with Crippen LogP contribution in [0.3, 0.4) is 0 Å². The van der Waals surface area contributed by atoms with E-state index >= 15 is 0 Å². The highest BCUT2D eigenvalue weighted by molar-refractivity contribution is 6.46. The molecule has 1 amide bonds. The lowest BCUT2D eigenvalue weighted by Crippen LogP contribution is -2.28. The molecule has 142 valence electrons. The number of carbonyl (C=O) groups excluding carboxylic acids is 2. The largest absolute Gasteiger partial charge is 0.507 e. The fourth-order valence-electron chi connectivity index (χ4n) is 3.25. The fourth-order valence-corrected chi connectivity index (χ4v) is 3.25. The van der Waals surface area contributed by atoms with Gasteiger partial charge in [-0.15, -0.1) is 0 Å². The number of Topliss-reactive ketones (excluding diaryl/α,β-unsaturated/α-hetero) is 1. The first kappa shape index (κ1) is 17.8. The van der Waals surface area contributed by atoms with Crippen molar-refractivity contribution in [1.82, 2.24) is 4.90 Å². The van der Waals surface area contributed by atoms with Crippen LogP contribution in [0.1, 0.15) is 28.7 Å². The maximum Gasteiger partial charge on any atom is 0.296 e. The van der Waals surface area contributed by atoms with Crippen molar-refractivity contribution < 1.29 is 27.9 Å². The Labute approximate surface area is 159 Å². The first-order valence-electron chi connectivity index (χ1n) is 8.58. The number of furan rings is 2. The standard InChI is InChI=1S/C21H16FNO5/c1-12-6-7-13(10-15(12)22)19(24)17-18(16-5-3-9-28-16)23(21(26)20(17)25)11-14-4-2-8-27-14/h2-10,18,24H,11H2,1H3/t18-/m1/s1. The van der Waals surface area contributed by atoms with Crippen molar-refractivity contribution in [2.45, 2.75) is 19.5 Å². The number of aryl methyl sites for hydroxylation is 1. The second-order valence-electron chi connectivity index (χ2n) is 6.49. The molecule has 1 aliphatic rings. The lowest BCUT2D eigenvalue weighted by atomic mass is 9.98. The van der Waals surface area contributed by atoms with Crippen LogP contribution >= 0.6 is 0 Å². The van der Waals surface area contributed by atoms with E-state index in [0.717, 1.165) is 6.07 Å². The van der Waals surface area contributed by atoms with E-state index in [9.17, 15) is 19.1 Å². The van der Waals surface area contributed by atoms with Crippen molar-refractivity contribution in [3.63, 3.8) is 0 Å². The lowest BCUT2D eigenvalue weighted by molar-refractivity contribution is -0.140. The fraction of sp³-hybridized carbons (Fsp3) is 0.143. The zero-order valence-electron chi connectivity index (χ0n) is 14.9. The Kier molecular flexibility index (Phi) is 4.35. The molecule has 0 aliphatic carbocycles. The van der Waals surface area contributed by atoms with Crippen molar-refractivity contribution in [3.05, 3.63) is 89.0 Å². The minimum Gasteiger partial charge on any atom is -0.507 e. The summed E-state index contributed by atoms with van der Waals surface area (Å²) in [4.78, 5) is 26.7. The highest BCUT2D eigenvalue weighted by Gasteiger charge is 2.47. The summed E-state index contributed by atoms with van der Waals surface area (Å²) < 4.78 is 24.7. The average molecular weight is 381 g/mol. The summed E-state index contributed by atoms with van der Waals surface area (Å²) in [5.74, 6) is -1.87. The molecule has 1 saturated heterocycles. The van der Waals surface area contributed by atoms with E-state index in [4.69, 9.17) is 8.83 Å². The quantitative estimate of drug-likeness (QED) is 0.420. The van der Waals surface area contributed by atoms with Crippen LogP contribution in [0, 0.1) is 12.7 Å². The Hall–Kier alpha value is -3.61. The third-order valence-electron chi connectivity index (χ3n) is 4.70. The molecule has 0 saturated carbocycles. The Morgan fingerprint density at radius 2 is 1.89 bits per heavy atom. The number of benzene rings is 1. The summed E-state index contributed by atoms with van der Waals surface area (Å²) in [7, 11) is 0. The molecule has 2 aromatic heterocycles. The molecule has 0 unspecified atom stereocenters. The van der Waals surface area contributed by atoms with E-state index in [0.29, 0.717) is 17.1 Å². The summed E-state index contributed by atoms with van der Waals surface area (Å²) in [5.41, 5.74) is 0.350. The topological polar surface area (TPSA) is 83.9 Å². The first-order valence-corrected chi connectivity index (χ1v) is 8.58. The van der Waals surface area contributed by atoms with Gasteiger partial charge in [0.2, 0.25) is 0 Å². The molecule has 3 aromatic rings. The molecule has 1 aromatic carbocycles. The number of hydrogen-bond acceptors (Lipinski definition) is 5. The number of aliphatic hydroxyl groups is 1. The number of likely N-dealkylation sites (tertiary alicyclic amines) is 1. The highest BCUT2D eigenvalue weighted by Crippen LogP contribution is 2.40. The SMILES string of the molecule is Cc1ccc(C(O)=C2C(=O)C(=O)N(Cc3ccco3)[C@@H]2c2ccco2)cc1F. The van der Waals surface area contributed by atoms with Crippen molar-refractivity contribution in [2.24, 2.45) is 0 Å². The van der Waals surface area contributed by atoms with Gasteiger partial charge in [-0.25, -0.2) is 4.39 Å². The van der Waals surface area contributed by atoms with Gasteiger partial charge in [-0.3, -0.25) is 9.59 Å². The van der Waals surface area contributed by atoms with Gasteiger partial charge < -0.3 is 18.8 Å². The molecule has 1 atom stereocenters. The third kappa shape index (κ3) is 2.90. The molecular weight excluding hydrogens is 365 g/mol. The minimum absolute atomic E-state index is 0.0159.